The van der Waals surface area contributed by atoms with Gasteiger partial charge in [0.1, 0.15) is 0 Å². The molecule has 8 heteroatoms. The lowest BCUT2D eigenvalue weighted by atomic mass is 10.1. The number of hydrogen-bond donors (Lipinski definition) is 2. The van der Waals surface area contributed by atoms with Crippen LogP contribution in [-0.2, 0) is 21.1 Å². The number of para-hydroxylation sites is 1. The number of nitrogens with one attached hydrogen (secondary N) is 2. The van der Waals surface area contributed by atoms with Crippen LogP contribution in [-0.4, -0.2) is 33.0 Å². The standard InChI is InChI=1S/C18H19ClN2O4S/c1-3-12-6-4-5-7-16(12)21-17(22)11-20-18(23)14-10-13(26(2,24)25)8-9-15(14)19/h4-10H,3,11H2,1-2H3,(H,20,23)(H,21,22). The summed E-state index contributed by atoms with van der Waals surface area (Å²) in [5.74, 6) is -1.02. The molecular formula is C18H19ClN2O4S. The first kappa shape index (κ1) is 19.9. The van der Waals surface area contributed by atoms with Gasteiger partial charge in [-0.05, 0) is 36.2 Å². The third-order valence-corrected chi connectivity index (χ3v) is 5.13. The topological polar surface area (TPSA) is 92.3 Å². The fraction of sp³-hybridized carbons (Fsp3) is 0.222. The molecule has 0 aliphatic carbocycles. The van der Waals surface area contributed by atoms with E-state index in [1.165, 1.54) is 18.2 Å². The van der Waals surface area contributed by atoms with Crippen molar-refractivity contribution in [1.82, 2.24) is 5.32 Å². The molecule has 0 saturated carbocycles. The van der Waals surface area contributed by atoms with E-state index in [0.717, 1.165) is 18.2 Å². The molecule has 0 aliphatic rings. The van der Waals surface area contributed by atoms with Gasteiger partial charge in [-0.25, -0.2) is 8.42 Å². The number of anilines is 1. The molecule has 2 rings (SSSR count). The summed E-state index contributed by atoms with van der Waals surface area (Å²) in [7, 11) is -3.47. The Hall–Kier alpha value is -2.38. The Balaban J connectivity index is 2.06. The maximum Gasteiger partial charge on any atom is 0.253 e. The molecule has 2 amide bonds. The van der Waals surface area contributed by atoms with Crippen molar-refractivity contribution in [1.29, 1.82) is 0 Å². The Kier molecular flexibility index (Phi) is 6.39. The molecule has 2 N–H and O–H groups in total. The summed E-state index contributed by atoms with van der Waals surface area (Å²) in [6.07, 6.45) is 1.80. The fourth-order valence-electron chi connectivity index (χ4n) is 2.31. The molecule has 2 aromatic rings. The van der Waals surface area contributed by atoms with Gasteiger partial charge >= 0.3 is 0 Å². The van der Waals surface area contributed by atoms with E-state index in [9.17, 15) is 18.0 Å². The summed E-state index contributed by atoms with van der Waals surface area (Å²) < 4.78 is 23.2. The van der Waals surface area contributed by atoms with E-state index in [4.69, 9.17) is 11.6 Å². The molecule has 0 atom stereocenters. The number of amides is 2. The molecule has 138 valence electrons. The number of carbonyl (C=O) groups excluding carboxylic acids is 2. The van der Waals surface area contributed by atoms with Gasteiger partial charge < -0.3 is 10.6 Å². The second-order valence-electron chi connectivity index (χ2n) is 5.66. The maximum absolute atomic E-state index is 12.3. The van der Waals surface area contributed by atoms with Gasteiger partial charge in [-0.15, -0.1) is 0 Å². The number of aryl methyl sites for hydroxylation is 1. The predicted molar refractivity (Wildman–Crippen MR) is 101 cm³/mol. The minimum Gasteiger partial charge on any atom is -0.343 e. The first-order chi connectivity index (χ1) is 12.2. The number of rotatable bonds is 6. The lowest BCUT2D eigenvalue weighted by Gasteiger charge is -2.11. The molecule has 0 heterocycles. The highest BCUT2D eigenvalue weighted by atomic mass is 35.5. The summed E-state index contributed by atoms with van der Waals surface area (Å²) in [5.41, 5.74) is 1.67. The van der Waals surface area contributed by atoms with E-state index < -0.39 is 21.7 Å². The highest BCUT2D eigenvalue weighted by Gasteiger charge is 2.16. The van der Waals surface area contributed by atoms with E-state index in [1.807, 2.05) is 25.1 Å². The number of hydrogen-bond acceptors (Lipinski definition) is 4. The van der Waals surface area contributed by atoms with Crippen LogP contribution in [0.5, 0.6) is 0 Å². The Labute approximate surface area is 157 Å². The normalized spacial score (nSPS) is 11.0. The van der Waals surface area contributed by atoms with Crippen LogP contribution < -0.4 is 10.6 Å². The smallest absolute Gasteiger partial charge is 0.253 e. The molecule has 0 aromatic heterocycles. The van der Waals surface area contributed by atoms with Crippen LogP contribution in [0.4, 0.5) is 5.69 Å². The predicted octanol–water partition coefficient (Wildman–Crippen LogP) is 2.67. The van der Waals surface area contributed by atoms with Gasteiger partial charge in [0.2, 0.25) is 5.91 Å². The molecule has 6 nitrogen and oxygen atoms in total. The number of carbonyl (C=O) groups is 2. The van der Waals surface area contributed by atoms with Crippen molar-refractivity contribution in [3.8, 4) is 0 Å². The van der Waals surface area contributed by atoms with Crippen LogP contribution >= 0.6 is 11.6 Å². The average Bonchev–Trinajstić information content (AvgIpc) is 2.59. The van der Waals surface area contributed by atoms with E-state index in [1.54, 1.807) is 6.07 Å². The zero-order chi connectivity index (χ0) is 19.3. The summed E-state index contributed by atoms with van der Waals surface area (Å²) >= 11 is 5.97. The van der Waals surface area contributed by atoms with Gasteiger partial charge in [0.05, 0.1) is 22.0 Å². The molecule has 0 bridgehead atoms. The van der Waals surface area contributed by atoms with Crippen molar-refractivity contribution in [2.75, 3.05) is 18.1 Å². The van der Waals surface area contributed by atoms with Crippen molar-refractivity contribution in [2.45, 2.75) is 18.2 Å². The zero-order valence-electron chi connectivity index (χ0n) is 14.4. The fourth-order valence-corrected chi connectivity index (χ4v) is 3.16. The Bertz CT molecular complexity index is 942. The van der Waals surface area contributed by atoms with Crippen molar-refractivity contribution in [3.05, 3.63) is 58.6 Å². The van der Waals surface area contributed by atoms with E-state index in [-0.39, 0.29) is 22.0 Å². The van der Waals surface area contributed by atoms with Gasteiger partial charge in [-0.1, -0.05) is 36.7 Å². The average molecular weight is 395 g/mol. The van der Waals surface area contributed by atoms with Crippen molar-refractivity contribution in [3.63, 3.8) is 0 Å². The molecule has 0 fully saturated rings. The van der Waals surface area contributed by atoms with Crippen molar-refractivity contribution in [2.24, 2.45) is 0 Å². The highest BCUT2D eigenvalue weighted by Crippen LogP contribution is 2.20. The van der Waals surface area contributed by atoms with Gasteiger partial charge in [0.15, 0.2) is 9.84 Å². The monoisotopic (exact) mass is 394 g/mol. The number of halogens is 1. The molecule has 0 unspecified atom stereocenters. The van der Waals surface area contributed by atoms with Crippen molar-refractivity contribution < 1.29 is 18.0 Å². The van der Waals surface area contributed by atoms with Crippen LogP contribution in [0.1, 0.15) is 22.8 Å². The Morgan fingerprint density at radius 2 is 1.81 bits per heavy atom. The number of sulfone groups is 1. The zero-order valence-corrected chi connectivity index (χ0v) is 15.9. The second-order valence-corrected chi connectivity index (χ2v) is 8.08. The summed E-state index contributed by atoms with van der Waals surface area (Å²) in [6.45, 7) is 1.71. The molecule has 0 aliphatic heterocycles. The molecule has 26 heavy (non-hydrogen) atoms. The lowest BCUT2D eigenvalue weighted by molar-refractivity contribution is -0.115. The maximum atomic E-state index is 12.3. The Morgan fingerprint density at radius 1 is 1.12 bits per heavy atom. The molecule has 0 saturated heterocycles. The highest BCUT2D eigenvalue weighted by molar-refractivity contribution is 7.90. The van der Waals surface area contributed by atoms with E-state index in [0.29, 0.717) is 5.69 Å². The molecular weight excluding hydrogens is 376 g/mol. The van der Waals surface area contributed by atoms with Gasteiger partial charge in [0.25, 0.3) is 5.91 Å². The summed E-state index contributed by atoms with van der Waals surface area (Å²) in [5, 5.41) is 5.29. The van der Waals surface area contributed by atoms with Crippen LogP contribution in [0.2, 0.25) is 5.02 Å². The lowest BCUT2D eigenvalue weighted by Crippen LogP contribution is -2.33. The quantitative estimate of drug-likeness (QED) is 0.787. The van der Waals surface area contributed by atoms with Gasteiger partial charge in [-0.3, -0.25) is 9.59 Å². The van der Waals surface area contributed by atoms with Crippen LogP contribution in [0.15, 0.2) is 47.4 Å². The van der Waals surface area contributed by atoms with Gasteiger partial charge in [-0.2, -0.15) is 0 Å². The van der Waals surface area contributed by atoms with Crippen LogP contribution in [0, 0.1) is 0 Å². The van der Waals surface area contributed by atoms with Crippen LogP contribution in [0.3, 0.4) is 0 Å². The van der Waals surface area contributed by atoms with Gasteiger partial charge in [0, 0.05) is 11.9 Å². The van der Waals surface area contributed by atoms with Crippen molar-refractivity contribution >= 4 is 38.9 Å². The SMILES string of the molecule is CCc1ccccc1NC(=O)CNC(=O)c1cc(S(C)(=O)=O)ccc1Cl. The first-order valence-electron chi connectivity index (χ1n) is 7.88. The second kappa shape index (κ2) is 8.33. The summed E-state index contributed by atoms with van der Waals surface area (Å²) in [6, 6.07) is 11.2. The Morgan fingerprint density at radius 3 is 2.46 bits per heavy atom. The third kappa shape index (κ3) is 5.06. The van der Waals surface area contributed by atoms with E-state index in [2.05, 4.69) is 10.6 Å². The minimum atomic E-state index is -3.47. The van der Waals surface area contributed by atoms with E-state index >= 15 is 0 Å². The first-order valence-corrected chi connectivity index (χ1v) is 10.1. The summed E-state index contributed by atoms with van der Waals surface area (Å²) in [4.78, 5) is 24.3. The molecule has 2 aromatic carbocycles. The third-order valence-electron chi connectivity index (χ3n) is 3.69. The minimum absolute atomic E-state index is 0.00338. The van der Waals surface area contributed by atoms with Crippen LogP contribution in [0.25, 0.3) is 0 Å². The largest absolute Gasteiger partial charge is 0.343 e. The molecule has 0 spiro atoms. The number of benzene rings is 2. The molecule has 0 radical (unpaired) electrons.